The predicted molar refractivity (Wildman–Crippen MR) is 51.9 cm³/mol. The third kappa shape index (κ3) is 9.23. The van der Waals surface area contributed by atoms with Crippen molar-refractivity contribution >= 4 is 19.4 Å². The van der Waals surface area contributed by atoms with Crippen molar-refractivity contribution < 1.29 is 72.4 Å². The van der Waals surface area contributed by atoms with E-state index in [0.29, 0.717) is 10.3 Å². The van der Waals surface area contributed by atoms with E-state index in [1.807, 2.05) is 31.2 Å². The maximum atomic E-state index is 10.3. The number of benzene rings is 1. The van der Waals surface area contributed by atoms with Crippen LogP contribution in [0.25, 0.3) is 0 Å². The molecule has 0 atom stereocenters. The van der Waals surface area contributed by atoms with Gasteiger partial charge in [-0.2, -0.15) is 0 Å². The summed E-state index contributed by atoms with van der Waals surface area (Å²) in [6.45, 7) is 1.95. The van der Waals surface area contributed by atoms with Crippen LogP contribution in [0.5, 0.6) is 0 Å². The second-order valence-corrected chi connectivity index (χ2v) is 5.93. The minimum atomic E-state index is -4.17. The van der Waals surface area contributed by atoms with Crippen LogP contribution in [-0.4, -0.2) is 13.3 Å². The van der Waals surface area contributed by atoms with Crippen LogP contribution in [0.2, 0.25) is 0 Å². The van der Waals surface area contributed by atoms with Crippen LogP contribution in [0.1, 0.15) is 11.1 Å². The van der Waals surface area contributed by atoms with Gasteiger partial charge in [-0.3, -0.25) is 0 Å². The molecular weight excluding hydrogens is 254 g/mol. The molecule has 0 aliphatic rings. The van der Waals surface area contributed by atoms with Crippen molar-refractivity contribution in [3.8, 4) is 0 Å². The van der Waals surface area contributed by atoms with Crippen molar-refractivity contribution in [2.45, 2.75) is 12.7 Å². The summed E-state index contributed by atoms with van der Waals surface area (Å²) in [7, 11) is -3.76. The molecule has 1 aromatic rings. The summed E-state index contributed by atoms with van der Waals surface area (Å²) < 4.78 is 30.8. The van der Waals surface area contributed by atoms with E-state index in [9.17, 15) is 13.3 Å². The van der Waals surface area contributed by atoms with Gasteiger partial charge in [-0.1, -0.05) is 29.8 Å². The van der Waals surface area contributed by atoms with Crippen LogP contribution in [0.4, 0.5) is 0 Å². The van der Waals surface area contributed by atoms with Crippen LogP contribution < -0.4 is 59.1 Å². The zero-order valence-electron chi connectivity index (χ0n) is 9.06. The summed E-state index contributed by atoms with van der Waals surface area (Å²) in [5.74, 6) is 0.214. The molecule has 1 rings (SSSR count). The Hall–Kier alpha value is 1.51. The molecule has 0 aliphatic carbocycles. The molecule has 0 N–H and O–H groups in total. The minimum Gasteiger partial charge on any atom is -0.746 e. The van der Waals surface area contributed by atoms with Gasteiger partial charge in [-0.25, -0.2) is 4.21 Å². The van der Waals surface area contributed by atoms with Gasteiger partial charge in [0.05, 0.1) is 9.05 Å². The first kappa shape index (κ1) is 18.9. The number of hydrogen-bond acceptors (Lipinski definition) is 3. The Balaban J connectivity index is 0. The first-order valence-electron chi connectivity index (χ1n) is 3.63. The fourth-order valence-corrected chi connectivity index (χ4v) is 2.14. The SMILES string of the molecule is Cc1ccc(C[S+]=S(=O)([O-])[O-])cc1.[Na+].[Na+]. The number of hydrogen-bond donors (Lipinski definition) is 0. The molecule has 0 fully saturated rings. The van der Waals surface area contributed by atoms with Crippen molar-refractivity contribution in [1.29, 1.82) is 0 Å². The Morgan fingerprint density at radius 3 is 2.07 bits per heavy atom. The quantitative estimate of drug-likeness (QED) is 0.397. The van der Waals surface area contributed by atoms with Crippen molar-refractivity contribution in [2.24, 2.45) is 0 Å². The second kappa shape index (κ2) is 8.58. The fraction of sp³-hybridized carbons (Fsp3) is 0.250. The van der Waals surface area contributed by atoms with Crippen LogP contribution >= 0.6 is 0 Å². The summed E-state index contributed by atoms with van der Waals surface area (Å²) in [6.07, 6.45) is 0. The van der Waals surface area contributed by atoms with Gasteiger partial charge in [0.15, 0.2) is 0 Å². The Labute approximate surface area is 138 Å². The van der Waals surface area contributed by atoms with Gasteiger partial charge in [-0.05, 0) is 6.92 Å². The largest absolute Gasteiger partial charge is 1.00 e. The standard InChI is InChI=1S/C8H10O3S2.2Na/c1-7-2-4-8(5-3-7)6-12-13(9,10)11;;/h2-5H,6H2,1H3,(H-,9,10,11);;/q;2*+1/p-1. The fourth-order valence-electron chi connectivity index (χ4n) is 0.825. The van der Waals surface area contributed by atoms with Gasteiger partial charge < -0.3 is 9.11 Å². The second-order valence-electron chi connectivity index (χ2n) is 2.66. The van der Waals surface area contributed by atoms with Crippen molar-refractivity contribution in [3.05, 3.63) is 35.4 Å². The monoisotopic (exact) mass is 263 g/mol. The van der Waals surface area contributed by atoms with Gasteiger partial charge in [0.1, 0.15) is 0 Å². The van der Waals surface area contributed by atoms with E-state index in [-0.39, 0.29) is 64.9 Å². The van der Waals surface area contributed by atoms with Crippen molar-refractivity contribution in [3.63, 3.8) is 0 Å². The molecule has 72 valence electrons. The average molecular weight is 263 g/mol. The molecule has 0 amide bonds. The van der Waals surface area contributed by atoms with Gasteiger partial charge in [0, 0.05) is 5.56 Å². The topological polar surface area (TPSA) is 63.2 Å². The zero-order valence-corrected chi connectivity index (χ0v) is 14.7. The maximum absolute atomic E-state index is 10.3. The molecule has 7 heteroatoms. The van der Waals surface area contributed by atoms with E-state index < -0.39 is 9.05 Å². The molecule has 1 aromatic carbocycles. The summed E-state index contributed by atoms with van der Waals surface area (Å²) in [6, 6.07) is 7.39. The van der Waals surface area contributed by atoms with Crippen molar-refractivity contribution in [2.75, 3.05) is 0 Å². The number of rotatable bonds is 2. The van der Waals surface area contributed by atoms with Gasteiger partial charge in [-0.15, -0.1) is 0 Å². The minimum absolute atomic E-state index is 0. The van der Waals surface area contributed by atoms with E-state index in [1.54, 1.807) is 0 Å². The smallest absolute Gasteiger partial charge is 0.746 e. The van der Waals surface area contributed by atoms with Gasteiger partial charge in [0.25, 0.3) is 0 Å². The van der Waals surface area contributed by atoms with E-state index in [0.717, 1.165) is 11.1 Å². The van der Waals surface area contributed by atoms with Crippen LogP contribution in [0, 0.1) is 6.92 Å². The Morgan fingerprint density at radius 1 is 1.20 bits per heavy atom. The molecule has 0 unspecified atom stereocenters. The third-order valence-corrected chi connectivity index (χ3v) is 3.45. The van der Waals surface area contributed by atoms with Crippen LogP contribution in [0.3, 0.4) is 0 Å². The Bertz CT molecular complexity index is 389. The molecule has 0 aliphatic heterocycles. The Morgan fingerprint density at radius 2 is 1.67 bits per heavy atom. The normalized spacial score (nSPS) is 9.80. The van der Waals surface area contributed by atoms with Crippen LogP contribution in [-0.2, 0) is 25.1 Å². The maximum Gasteiger partial charge on any atom is 1.00 e. The molecule has 0 heterocycles. The molecule has 0 spiro atoms. The number of aryl methyl sites for hydroxylation is 1. The van der Waals surface area contributed by atoms with E-state index in [1.165, 1.54) is 0 Å². The molecule has 0 aromatic heterocycles. The average Bonchev–Trinajstić information content (AvgIpc) is 2.02. The first-order chi connectivity index (χ1) is 5.97. The van der Waals surface area contributed by atoms with E-state index in [4.69, 9.17) is 0 Å². The summed E-state index contributed by atoms with van der Waals surface area (Å²) in [5.41, 5.74) is 1.95. The molecule has 0 radical (unpaired) electrons. The summed E-state index contributed by atoms with van der Waals surface area (Å²) in [4.78, 5) is 0. The molecule has 3 nitrogen and oxygen atoms in total. The molecule has 15 heavy (non-hydrogen) atoms. The zero-order chi connectivity index (χ0) is 9.90. The van der Waals surface area contributed by atoms with Gasteiger partial charge >= 0.3 is 59.1 Å². The third-order valence-electron chi connectivity index (χ3n) is 1.49. The molecule has 0 saturated heterocycles. The predicted octanol–water partition coefficient (Wildman–Crippen LogP) is -4.95. The molecule has 0 saturated carbocycles. The first-order valence-corrected chi connectivity index (χ1v) is 6.54. The molecular formula is C8H9Na2O3S2+. The Kier molecular flexibility index (Phi) is 10.8. The van der Waals surface area contributed by atoms with Crippen LogP contribution in [0.15, 0.2) is 24.3 Å². The summed E-state index contributed by atoms with van der Waals surface area (Å²) >= 11 is 0. The summed E-state index contributed by atoms with van der Waals surface area (Å²) in [5, 5.41) is 0. The van der Waals surface area contributed by atoms with E-state index >= 15 is 0 Å². The van der Waals surface area contributed by atoms with E-state index in [2.05, 4.69) is 0 Å². The van der Waals surface area contributed by atoms with Crippen molar-refractivity contribution in [1.82, 2.24) is 0 Å². The van der Waals surface area contributed by atoms with Gasteiger partial charge in [0.2, 0.25) is 16.1 Å². The molecule has 0 bridgehead atoms.